The molecule has 0 aromatic heterocycles. The number of hydrogen-bond acceptors (Lipinski definition) is 3. The third-order valence-electron chi connectivity index (χ3n) is 6.47. The summed E-state index contributed by atoms with van der Waals surface area (Å²) in [5, 5.41) is 14.5. The summed E-state index contributed by atoms with van der Waals surface area (Å²) in [5.74, 6) is 0.0580. The molecule has 1 unspecified atom stereocenters. The van der Waals surface area contributed by atoms with Gasteiger partial charge in [0, 0.05) is 29.7 Å². The lowest BCUT2D eigenvalue weighted by molar-refractivity contribution is -0.116. The number of nitriles is 1. The third-order valence-corrected chi connectivity index (χ3v) is 6.47. The van der Waals surface area contributed by atoms with Gasteiger partial charge in [-0.2, -0.15) is 5.26 Å². The number of unbranched alkanes of at least 4 members (excludes halogenated alkanes) is 12. The number of rotatable bonds is 18. The number of ether oxygens (including phenoxy) is 1. The topological polar surface area (TPSA) is 62.1 Å². The van der Waals surface area contributed by atoms with Crippen LogP contribution in [0, 0.1) is 11.3 Å². The minimum absolute atomic E-state index is 0.0580. The van der Waals surface area contributed by atoms with Crippen molar-refractivity contribution in [2.24, 2.45) is 0 Å². The molecule has 0 fully saturated rings. The van der Waals surface area contributed by atoms with Crippen molar-refractivity contribution in [2.75, 3.05) is 11.9 Å². The molecule has 0 bridgehead atoms. The molecule has 0 aliphatic carbocycles. The van der Waals surface area contributed by atoms with Crippen LogP contribution in [0.3, 0.4) is 0 Å². The van der Waals surface area contributed by atoms with Crippen molar-refractivity contribution in [3.63, 3.8) is 0 Å². The minimum Gasteiger partial charge on any atom is -0.359 e. The first-order valence-corrected chi connectivity index (χ1v) is 13.5. The average Bonchev–Trinajstić information content (AvgIpc) is 2.85. The Bertz CT molecular complexity index is 887. The van der Waals surface area contributed by atoms with Crippen LogP contribution in [-0.2, 0) is 9.53 Å². The fourth-order valence-electron chi connectivity index (χ4n) is 4.55. The standard InChI is InChI=1S/C30H44N2O2/c1-3-5-6-7-8-9-10-11-12-13-14-15-16-23-30(33)32-28-22-18-19-25-26(28)20-17-21-27(25)29(24-31)34-4-2/h17-22,29H,3-16,23H2,1-2H3,(H,32,33). The Morgan fingerprint density at radius 2 is 1.38 bits per heavy atom. The SMILES string of the molecule is CCCCCCCCCCCCCCCC(=O)Nc1cccc2c(C(C#N)OCC)cccc12. The lowest BCUT2D eigenvalue weighted by Crippen LogP contribution is -2.11. The van der Waals surface area contributed by atoms with Gasteiger partial charge in [0.25, 0.3) is 0 Å². The Kier molecular flexibility index (Phi) is 14.0. The van der Waals surface area contributed by atoms with E-state index in [0.717, 1.165) is 34.9 Å². The van der Waals surface area contributed by atoms with E-state index in [1.54, 1.807) is 0 Å². The molecule has 0 spiro atoms. The highest BCUT2D eigenvalue weighted by atomic mass is 16.5. The molecular weight excluding hydrogens is 420 g/mol. The molecule has 2 aromatic rings. The van der Waals surface area contributed by atoms with E-state index in [1.165, 1.54) is 70.6 Å². The number of benzene rings is 2. The number of carbonyl (C=O) groups is 1. The predicted molar refractivity (Wildman–Crippen MR) is 143 cm³/mol. The third kappa shape index (κ3) is 9.85. The number of amides is 1. The number of nitrogens with zero attached hydrogens (tertiary/aromatic N) is 1. The highest BCUT2D eigenvalue weighted by Gasteiger charge is 2.15. The van der Waals surface area contributed by atoms with E-state index in [2.05, 4.69) is 18.3 Å². The lowest BCUT2D eigenvalue weighted by atomic mass is 9.99. The highest BCUT2D eigenvalue weighted by molar-refractivity contribution is 6.03. The Hall–Kier alpha value is -2.38. The van der Waals surface area contributed by atoms with Gasteiger partial charge < -0.3 is 10.1 Å². The number of carbonyl (C=O) groups excluding carboxylic acids is 1. The van der Waals surface area contributed by atoms with Crippen LogP contribution in [-0.4, -0.2) is 12.5 Å². The summed E-state index contributed by atoms with van der Waals surface area (Å²) in [4.78, 5) is 12.5. The average molecular weight is 465 g/mol. The molecule has 1 atom stereocenters. The van der Waals surface area contributed by atoms with Crippen molar-refractivity contribution >= 4 is 22.4 Å². The number of fused-ring (bicyclic) bond motifs is 1. The van der Waals surface area contributed by atoms with Crippen LogP contribution in [0.1, 0.15) is 115 Å². The molecule has 1 N–H and O–H groups in total. The predicted octanol–water partition coefficient (Wildman–Crippen LogP) is 8.86. The monoisotopic (exact) mass is 464 g/mol. The van der Waals surface area contributed by atoms with Crippen molar-refractivity contribution in [1.29, 1.82) is 5.26 Å². The molecule has 0 saturated heterocycles. The summed E-state index contributed by atoms with van der Waals surface area (Å²) in [6, 6.07) is 13.9. The number of anilines is 1. The van der Waals surface area contributed by atoms with Gasteiger partial charge in [-0.1, -0.05) is 114 Å². The maximum absolute atomic E-state index is 12.5. The van der Waals surface area contributed by atoms with Gasteiger partial charge in [0.2, 0.25) is 5.91 Å². The van der Waals surface area contributed by atoms with Gasteiger partial charge in [0.05, 0.1) is 6.07 Å². The van der Waals surface area contributed by atoms with E-state index < -0.39 is 6.10 Å². The van der Waals surface area contributed by atoms with Crippen LogP contribution in [0.4, 0.5) is 5.69 Å². The van der Waals surface area contributed by atoms with Gasteiger partial charge in [0.15, 0.2) is 6.10 Å². The van der Waals surface area contributed by atoms with E-state index in [9.17, 15) is 10.1 Å². The fourth-order valence-corrected chi connectivity index (χ4v) is 4.55. The van der Waals surface area contributed by atoms with Gasteiger partial charge in [-0.05, 0) is 24.8 Å². The van der Waals surface area contributed by atoms with Crippen molar-refractivity contribution in [1.82, 2.24) is 0 Å². The van der Waals surface area contributed by atoms with Crippen LogP contribution in [0.5, 0.6) is 0 Å². The van der Waals surface area contributed by atoms with Crippen LogP contribution in [0.2, 0.25) is 0 Å². The number of hydrogen-bond donors (Lipinski definition) is 1. The molecule has 0 aliphatic heterocycles. The second-order valence-electron chi connectivity index (χ2n) is 9.25. The zero-order chi connectivity index (χ0) is 24.4. The van der Waals surface area contributed by atoms with Gasteiger partial charge in [-0.15, -0.1) is 0 Å². The van der Waals surface area contributed by atoms with Crippen molar-refractivity contribution in [2.45, 2.75) is 110 Å². The van der Waals surface area contributed by atoms with Crippen molar-refractivity contribution < 1.29 is 9.53 Å². The Morgan fingerprint density at radius 1 is 0.824 bits per heavy atom. The Morgan fingerprint density at radius 3 is 1.97 bits per heavy atom. The quantitative estimate of drug-likeness (QED) is 0.224. The summed E-state index contributed by atoms with van der Waals surface area (Å²) >= 11 is 0. The van der Waals surface area contributed by atoms with Gasteiger partial charge in [-0.3, -0.25) is 4.79 Å². The summed E-state index contributed by atoms with van der Waals surface area (Å²) < 4.78 is 5.59. The minimum atomic E-state index is -0.606. The lowest BCUT2D eigenvalue weighted by Gasteiger charge is -2.15. The van der Waals surface area contributed by atoms with Crippen LogP contribution in [0.25, 0.3) is 10.8 Å². The molecule has 1 amide bonds. The first kappa shape index (κ1) is 27.9. The second kappa shape index (κ2) is 17.1. The summed E-state index contributed by atoms with van der Waals surface area (Å²) in [6.45, 7) is 4.63. The summed E-state index contributed by atoms with van der Waals surface area (Å²) in [5.41, 5.74) is 1.64. The molecule has 0 radical (unpaired) electrons. The number of nitrogens with one attached hydrogen (secondary N) is 1. The molecule has 0 saturated carbocycles. The first-order chi connectivity index (χ1) is 16.7. The molecule has 4 heteroatoms. The largest absolute Gasteiger partial charge is 0.359 e. The Labute approximate surface area is 207 Å². The molecule has 2 aromatic carbocycles. The molecule has 4 nitrogen and oxygen atoms in total. The summed E-state index contributed by atoms with van der Waals surface area (Å²) in [6.07, 6.45) is 16.9. The van der Waals surface area contributed by atoms with E-state index in [4.69, 9.17) is 4.74 Å². The van der Waals surface area contributed by atoms with E-state index in [0.29, 0.717) is 13.0 Å². The van der Waals surface area contributed by atoms with Gasteiger partial charge in [-0.25, -0.2) is 0 Å². The van der Waals surface area contributed by atoms with E-state index in [1.807, 2.05) is 43.3 Å². The molecule has 186 valence electrons. The zero-order valence-corrected chi connectivity index (χ0v) is 21.4. The smallest absolute Gasteiger partial charge is 0.224 e. The zero-order valence-electron chi connectivity index (χ0n) is 21.4. The first-order valence-electron chi connectivity index (χ1n) is 13.5. The molecular formula is C30H44N2O2. The van der Waals surface area contributed by atoms with E-state index in [-0.39, 0.29) is 5.91 Å². The fraction of sp³-hybridized carbons (Fsp3) is 0.600. The van der Waals surface area contributed by atoms with Crippen LogP contribution >= 0.6 is 0 Å². The van der Waals surface area contributed by atoms with Crippen LogP contribution < -0.4 is 5.32 Å². The molecule has 2 rings (SSSR count). The Balaban J connectivity index is 1.68. The van der Waals surface area contributed by atoms with Gasteiger partial charge >= 0.3 is 0 Å². The maximum Gasteiger partial charge on any atom is 0.224 e. The van der Waals surface area contributed by atoms with E-state index >= 15 is 0 Å². The molecule has 0 aliphatic rings. The highest BCUT2D eigenvalue weighted by Crippen LogP contribution is 2.31. The van der Waals surface area contributed by atoms with Crippen molar-refractivity contribution in [3.8, 4) is 6.07 Å². The van der Waals surface area contributed by atoms with Crippen molar-refractivity contribution in [3.05, 3.63) is 42.0 Å². The van der Waals surface area contributed by atoms with Gasteiger partial charge in [0.1, 0.15) is 0 Å². The summed E-state index contributed by atoms with van der Waals surface area (Å²) in [7, 11) is 0. The molecule has 34 heavy (non-hydrogen) atoms. The van der Waals surface area contributed by atoms with Crippen LogP contribution in [0.15, 0.2) is 36.4 Å². The molecule has 0 heterocycles. The second-order valence-corrected chi connectivity index (χ2v) is 9.25. The normalized spacial score (nSPS) is 11.9. The maximum atomic E-state index is 12.5.